The van der Waals surface area contributed by atoms with Gasteiger partial charge in [-0.25, -0.2) is 0 Å². The maximum absolute atomic E-state index is 10.9. The zero-order valence-electron chi connectivity index (χ0n) is 13.0. The molecular formula is C18H24ClNO. The van der Waals surface area contributed by atoms with Crippen molar-refractivity contribution in [2.75, 3.05) is 20.6 Å². The fourth-order valence-electron chi connectivity index (χ4n) is 3.70. The summed E-state index contributed by atoms with van der Waals surface area (Å²) in [6.07, 6.45) is 1.71. The minimum atomic E-state index is -0.377. The Morgan fingerprint density at radius 3 is 2.62 bits per heavy atom. The molecule has 0 bridgehead atoms. The Morgan fingerprint density at radius 1 is 1.19 bits per heavy atom. The molecule has 2 aromatic rings. The van der Waals surface area contributed by atoms with Crippen molar-refractivity contribution in [3.05, 3.63) is 47.5 Å². The highest BCUT2D eigenvalue weighted by Crippen LogP contribution is 2.45. The molecule has 2 aromatic carbocycles. The molecule has 2 unspecified atom stereocenters. The highest BCUT2D eigenvalue weighted by Gasteiger charge is 2.39. The van der Waals surface area contributed by atoms with Gasteiger partial charge >= 0.3 is 0 Å². The predicted octanol–water partition coefficient (Wildman–Crippen LogP) is 3.81. The smallest absolute Gasteiger partial charge is 0.0858 e. The van der Waals surface area contributed by atoms with Crippen LogP contribution in [-0.2, 0) is 6.42 Å². The molecule has 21 heavy (non-hydrogen) atoms. The molecule has 0 spiro atoms. The third-order valence-corrected chi connectivity index (χ3v) is 4.66. The molecular weight excluding hydrogens is 282 g/mol. The molecule has 2 atom stereocenters. The van der Waals surface area contributed by atoms with Crippen molar-refractivity contribution in [2.24, 2.45) is 5.41 Å². The standard InChI is InChI=1S/C18H23NO.ClH/c1-18(12-19(2)3)11-10-15-14-7-5-4-6-13(14)8-9-16(15)17(18)20;/h4-9,17,20H,10-12H2,1-3H3;1H. The summed E-state index contributed by atoms with van der Waals surface area (Å²) < 4.78 is 0. The van der Waals surface area contributed by atoms with Crippen molar-refractivity contribution in [3.8, 4) is 0 Å². The number of hydrogen-bond donors (Lipinski definition) is 1. The van der Waals surface area contributed by atoms with E-state index in [2.05, 4.69) is 62.3 Å². The number of aryl methyl sites for hydroxylation is 1. The minimum Gasteiger partial charge on any atom is -0.388 e. The second-order valence-electron chi connectivity index (χ2n) is 6.65. The zero-order chi connectivity index (χ0) is 14.3. The lowest BCUT2D eigenvalue weighted by atomic mass is 9.69. The summed E-state index contributed by atoms with van der Waals surface area (Å²) >= 11 is 0. The minimum absolute atomic E-state index is 0. The van der Waals surface area contributed by atoms with E-state index in [0.717, 1.165) is 24.9 Å². The van der Waals surface area contributed by atoms with Crippen molar-refractivity contribution in [1.82, 2.24) is 4.90 Å². The molecule has 114 valence electrons. The first kappa shape index (κ1) is 16.3. The van der Waals surface area contributed by atoms with Crippen LogP contribution < -0.4 is 0 Å². The number of hydrogen-bond acceptors (Lipinski definition) is 2. The van der Waals surface area contributed by atoms with Crippen LogP contribution in [0.4, 0.5) is 0 Å². The van der Waals surface area contributed by atoms with Crippen LogP contribution in [0.5, 0.6) is 0 Å². The Kier molecular flexibility index (Phi) is 4.62. The van der Waals surface area contributed by atoms with Crippen LogP contribution in [0.2, 0.25) is 0 Å². The topological polar surface area (TPSA) is 23.5 Å². The molecule has 0 aliphatic heterocycles. The van der Waals surface area contributed by atoms with E-state index in [1.54, 1.807) is 0 Å². The number of nitrogens with zero attached hydrogens (tertiary/aromatic N) is 1. The summed E-state index contributed by atoms with van der Waals surface area (Å²) in [5, 5.41) is 13.4. The second-order valence-corrected chi connectivity index (χ2v) is 6.65. The first-order valence-corrected chi connectivity index (χ1v) is 7.34. The number of halogens is 1. The predicted molar refractivity (Wildman–Crippen MR) is 91.1 cm³/mol. The Bertz CT molecular complexity index is 640. The highest BCUT2D eigenvalue weighted by atomic mass is 35.5. The molecule has 1 aliphatic carbocycles. The fraction of sp³-hybridized carbons (Fsp3) is 0.444. The maximum atomic E-state index is 10.9. The van der Waals surface area contributed by atoms with Gasteiger partial charge in [0.1, 0.15) is 0 Å². The number of aliphatic hydroxyl groups is 1. The van der Waals surface area contributed by atoms with E-state index < -0.39 is 0 Å². The van der Waals surface area contributed by atoms with Gasteiger partial charge in [0, 0.05) is 12.0 Å². The van der Waals surface area contributed by atoms with Crippen LogP contribution in [0.15, 0.2) is 36.4 Å². The Balaban J connectivity index is 0.00000161. The van der Waals surface area contributed by atoms with Gasteiger partial charge in [0.25, 0.3) is 0 Å². The third-order valence-electron chi connectivity index (χ3n) is 4.66. The molecule has 1 aliphatic rings. The summed E-state index contributed by atoms with van der Waals surface area (Å²) in [4.78, 5) is 2.18. The van der Waals surface area contributed by atoms with E-state index in [1.807, 2.05) is 0 Å². The van der Waals surface area contributed by atoms with E-state index in [1.165, 1.54) is 16.3 Å². The molecule has 0 fully saturated rings. The summed E-state index contributed by atoms with van der Waals surface area (Å²) in [7, 11) is 4.15. The first-order chi connectivity index (χ1) is 9.51. The van der Waals surface area contributed by atoms with E-state index >= 15 is 0 Å². The van der Waals surface area contributed by atoms with Crippen LogP contribution in [0.1, 0.15) is 30.6 Å². The van der Waals surface area contributed by atoms with Crippen molar-refractivity contribution in [1.29, 1.82) is 0 Å². The average Bonchev–Trinajstić information content (AvgIpc) is 2.42. The van der Waals surface area contributed by atoms with Crippen LogP contribution in [0.3, 0.4) is 0 Å². The molecule has 0 saturated heterocycles. The van der Waals surface area contributed by atoms with Crippen molar-refractivity contribution < 1.29 is 5.11 Å². The molecule has 0 radical (unpaired) electrons. The van der Waals surface area contributed by atoms with Gasteiger partial charge in [0.2, 0.25) is 0 Å². The quantitative estimate of drug-likeness (QED) is 0.912. The Hall–Kier alpha value is -1.09. The molecule has 0 saturated carbocycles. The first-order valence-electron chi connectivity index (χ1n) is 7.34. The Morgan fingerprint density at radius 2 is 1.90 bits per heavy atom. The molecule has 0 aromatic heterocycles. The highest BCUT2D eigenvalue weighted by molar-refractivity contribution is 5.87. The van der Waals surface area contributed by atoms with Gasteiger partial charge in [0.05, 0.1) is 6.10 Å². The number of rotatable bonds is 2. The summed E-state index contributed by atoms with van der Waals surface area (Å²) in [5.74, 6) is 0. The van der Waals surface area contributed by atoms with Gasteiger partial charge in [-0.1, -0.05) is 43.3 Å². The number of benzene rings is 2. The normalized spacial score (nSPS) is 24.7. The van der Waals surface area contributed by atoms with Gasteiger partial charge in [-0.05, 0) is 48.8 Å². The van der Waals surface area contributed by atoms with E-state index in [-0.39, 0.29) is 23.9 Å². The van der Waals surface area contributed by atoms with E-state index in [0.29, 0.717) is 0 Å². The lowest BCUT2D eigenvalue weighted by Gasteiger charge is -2.41. The largest absolute Gasteiger partial charge is 0.388 e. The zero-order valence-corrected chi connectivity index (χ0v) is 13.8. The van der Waals surface area contributed by atoms with Crippen molar-refractivity contribution in [2.45, 2.75) is 25.9 Å². The fourth-order valence-corrected chi connectivity index (χ4v) is 3.70. The van der Waals surface area contributed by atoms with Crippen LogP contribution in [0.25, 0.3) is 10.8 Å². The number of aliphatic hydroxyl groups excluding tert-OH is 1. The molecule has 2 nitrogen and oxygen atoms in total. The number of fused-ring (bicyclic) bond motifs is 3. The summed E-state index contributed by atoms with van der Waals surface area (Å²) in [5.41, 5.74) is 2.41. The Labute approximate surface area is 133 Å². The van der Waals surface area contributed by atoms with Crippen LogP contribution >= 0.6 is 12.4 Å². The van der Waals surface area contributed by atoms with Gasteiger partial charge in [-0.2, -0.15) is 0 Å². The lowest BCUT2D eigenvalue weighted by Crippen LogP contribution is -2.39. The van der Waals surface area contributed by atoms with Crippen molar-refractivity contribution in [3.63, 3.8) is 0 Å². The van der Waals surface area contributed by atoms with Crippen LogP contribution in [-0.4, -0.2) is 30.6 Å². The summed E-state index contributed by atoms with van der Waals surface area (Å²) in [6.45, 7) is 3.12. The van der Waals surface area contributed by atoms with Gasteiger partial charge in [-0.15, -0.1) is 12.4 Å². The maximum Gasteiger partial charge on any atom is 0.0858 e. The van der Waals surface area contributed by atoms with Gasteiger partial charge < -0.3 is 10.0 Å². The van der Waals surface area contributed by atoms with E-state index in [9.17, 15) is 5.11 Å². The average molecular weight is 306 g/mol. The molecule has 3 heteroatoms. The molecule has 0 amide bonds. The third kappa shape index (κ3) is 2.80. The monoisotopic (exact) mass is 305 g/mol. The summed E-state index contributed by atoms with van der Waals surface area (Å²) in [6, 6.07) is 12.7. The van der Waals surface area contributed by atoms with Crippen LogP contribution in [0, 0.1) is 5.41 Å². The molecule has 1 N–H and O–H groups in total. The van der Waals surface area contributed by atoms with E-state index in [4.69, 9.17) is 0 Å². The van der Waals surface area contributed by atoms with Gasteiger partial charge in [0.15, 0.2) is 0 Å². The SMILES string of the molecule is CN(C)CC1(C)CCc2c(ccc3ccccc23)C1O.Cl. The molecule has 0 heterocycles. The van der Waals surface area contributed by atoms with Gasteiger partial charge in [-0.3, -0.25) is 0 Å². The lowest BCUT2D eigenvalue weighted by molar-refractivity contribution is 0.00314. The van der Waals surface area contributed by atoms with Crippen molar-refractivity contribution >= 4 is 23.2 Å². The molecule has 3 rings (SSSR count). The second kappa shape index (κ2) is 5.96.